The van der Waals surface area contributed by atoms with Gasteiger partial charge in [0, 0.05) is 12.6 Å². The highest BCUT2D eigenvalue weighted by Gasteiger charge is 2.11. The molecular weight excluding hydrogens is 202 g/mol. The molecule has 0 radical (unpaired) electrons. The first-order valence-corrected chi connectivity index (χ1v) is 5.07. The van der Waals surface area contributed by atoms with Gasteiger partial charge in [0.05, 0.1) is 12.8 Å². The van der Waals surface area contributed by atoms with Gasteiger partial charge in [-0.3, -0.25) is 4.68 Å². The summed E-state index contributed by atoms with van der Waals surface area (Å²) in [6.45, 7) is 1.95. The molecule has 0 saturated carbocycles. The number of hydrogen-bond donors (Lipinski definition) is 1. The second-order valence-electron chi connectivity index (χ2n) is 3.70. The predicted molar refractivity (Wildman–Crippen MR) is 64.3 cm³/mol. The van der Waals surface area contributed by atoms with E-state index < -0.39 is 0 Å². The van der Waals surface area contributed by atoms with Gasteiger partial charge >= 0.3 is 0 Å². The molecule has 1 heterocycles. The van der Waals surface area contributed by atoms with E-state index in [1.807, 2.05) is 38.2 Å². The molecule has 4 heteroatoms. The standard InChI is InChI=1S/C12H15N3O/c1-8-11(12(13)15(2)14-8)9-4-6-10(16-3)7-5-9/h4-7H,13H2,1-3H3. The lowest BCUT2D eigenvalue weighted by atomic mass is 10.1. The van der Waals surface area contributed by atoms with Crippen LogP contribution in [0.5, 0.6) is 5.75 Å². The first-order valence-electron chi connectivity index (χ1n) is 5.07. The second-order valence-corrected chi connectivity index (χ2v) is 3.70. The Morgan fingerprint density at radius 1 is 1.25 bits per heavy atom. The van der Waals surface area contributed by atoms with E-state index in [4.69, 9.17) is 10.5 Å². The fraction of sp³-hybridized carbons (Fsp3) is 0.250. The lowest BCUT2D eigenvalue weighted by Crippen LogP contribution is -1.98. The molecule has 84 valence electrons. The number of aromatic nitrogens is 2. The summed E-state index contributed by atoms with van der Waals surface area (Å²) in [4.78, 5) is 0. The summed E-state index contributed by atoms with van der Waals surface area (Å²) in [6, 6.07) is 7.81. The summed E-state index contributed by atoms with van der Waals surface area (Å²) >= 11 is 0. The Labute approximate surface area is 94.6 Å². The van der Waals surface area contributed by atoms with Crippen LogP contribution in [0.25, 0.3) is 11.1 Å². The van der Waals surface area contributed by atoms with Crippen molar-refractivity contribution in [3.63, 3.8) is 0 Å². The van der Waals surface area contributed by atoms with Gasteiger partial charge in [0.15, 0.2) is 0 Å². The number of nitrogens with zero attached hydrogens (tertiary/aromatic N) is 2. The zero-order valence-electron chi connectivity index (χ0n) is 9.69. The lowest BCUT2D eigenvalue weighted by molar-refractivity contribution is 0.415. The average molecular weight is 217 g/mol. The first kappa shape index (κ1) is 10.5. The second kappa shape index (κ2) is 3.89. The average Bonchev–Trinajstić information content (AvgIpc) is 2.54. The summed E-state index contributed by atoms with van der Waals surface area (Å²) in [7, 11) is 3.49. The summed E-state index contributed by atoms with van der Waals surface area (Å²) in [5.41, 5.74) is 8.96. The van der Waals surface area contributed by atoms with Crippen LogP contribution in [0.3, 0.4) is 0 Å². The molecule has 0 aliphatic rings. The van der Waals surface area contributed by atoms with Crippen molar-refractivity contribution in [2.24, 2.45) is 7.05 Å². The molecule has 0 unspecified atom stereocenters. The predicted octanol–water partition coefficient (Wildman–Crippen LogP) is 1.99. The molecule has 1 aromatic heterocycles. The number of hydrogen-bond acceptors (Lipinski definition) is 3. The molecular formula is C12H15N3O. The van der Waals surface area contributed by atoms with Crippen molar-refractivity contribution in [1.82, 2.24) is 9.78 Å². The van der Waals surface area contributed by atoms with Gasteiger partial charge in [-0.25, -0.2) is 0 Å². The molecule has 0 amide bonds. The normalized spacial score (nSPS) is 10.4. The van der Waals surface area contributed by atoms with Gasteiger partial charge in [-0.2, -0.15) is 5.10 Å². The Bertz CT molecular complexity index is 500. The highest BCUT2D eigenvalue weighted by molar-refractivity contribution is 5.76. The van der Waals surface area contributed by atoms with E-state index in [1.54, 1.807) is 11.8 Å². The highest BCUT2D eigenvalue weighted by atomic mass is 16.5. The summed E-state index contributed by atoms with van der Waals surface area (Å²) in [6.07, 6.45) is 0. The molecule has 1 aromatic carbocycles. The summed E-state index contributed by atoms with van der Waals surface area (Å²) in [5, 5.41) is 4.29. The van der Waals surface area contributed by atoms with Crippen LogP contribution in [0.2, 0.25) is 0 Å². The smallest absolute Gasteiger partial charge is 0.129 e. The Kier molecular flexibility index (Phi) is 2.56. The van der Waals surface area contributed by atoms with Crippen molar-refractivity contribution in [2.75, 3.05) is 12.8 Å². The molecule has 0 bridgehead atoms. The van der Waals surface area contributed by atoms with Crippen LogP contribution < -0.4 is 10.5 Å². The zero-order chi connectivity index (χ0) is 11.7. The van der Waals surface area contributed by atoms with Gasteiger partial charge in [-0.05, 0) is 24.6 Å². The Balaban J connectivity index is 2.50. The van der Waals surface area contributed by atoms with Gasteiger partial charge < -0.3 is 10.5 Å². The Hall–Kier alpha value is -1.97. The van der Waals surface area contributed by atoms with E-state index in [2.05, 4.69) is 5.10 Å². The summed E-state index contributed by atoms with van der Waals surface area (Å²) < 4.78 is 6.81. The fourth-order valence-corrected chi connectivity index (χ4v) is 1.79. The minimum absolute atomic E-state index is 0.683. The van der Waals surface area contributed by atoms with Crippen molar-refractivity contribution >= 4 is 5.82 Å². The monoisotopic (exact) mass is 217 g/mol. The number of anilines is 1. The molecule has 0 fully saturated rings. The Morgan fingerprint density at radius 3 is 2.31 bits per heavy atom. The van der Waals surface area contributed by atoms with Crippen molar-refractivity contribution in [2.45, 2.75) is 6.92 Å². The molecule has 16 heavy (non-hydrogen) atoms. The van der Waals surface area contributed by atoms with Crippen LogP contribution in [-0.2, 0) is 7.05 Å². The van der Waals surface area contributed by atoms with Gasteiger partial charge in [-0.15, -0.1) is 0 Å². The molecule has 2 aromatic rings. The van der Waals surface area contributed by atoms with Gasteiger partial charge in [0.2, 0.25) is 0 Å². The maximum absolute atomic E-state index is 5.98. The molecule has 2 N–H and O–H groups in total. The quantitative estimate of drug-likeness (QED) is 0.836. The molecule has 0 saturated heterocycles. The van der Waals surface area contributed by atoms with E-state index in [0.29, 0.717) is 5.82 Å². The Morgan fingerprint density at radius 2 is 1.88 bits per heavy atom. The van der Waals surface area contributed by atoms with E-state index in [-0.39, 0.29) is 0 Å². The van der Waals surface area contributed by atoms with Crippen LogP contribution in [-0.4, -0.2) is 16.9 Å². The van der Waals surface area contributed by atoms with E-state index in [9.17, 15) is 0 Å². The van der Waals surface area contributed by atoms with Crippen molar-refractivity contribution in [3.8, 4) is 16.9 Å². The molecule has 0 aliphatic carbocycles. The highest BCUT2D eigenvalue weighted by Crippen LogP contribution is 2.29. The number of nitrogen functional groups attached to an aromatic ring is 1. The SMILES string of the molecule is COc1ccc(-c2c(C)nn(C)c2N)cc1. The third-order valence-corrected chi connectivity index (χ3v) is 2.65. The van der Waals surface area contributed by atoms with E-state index >= 15 is 0 Å². The molecule has 4 nitrogen and oxygen atoms in total. The minimum Gasteiger partial charge on any atom is -0.497 e. The zero-order valence-corrected chi connectivity index (χ0v) is 9.69. The molecule has 0 atom stereocenters. The first-order chi connectivity index (χ1) is 7.63. The van der Waals surface area contributed by atoms with E-state index in [0.717, 1.165) is 22.6 Å². The largest absolute Gasteiger partial charge is 0.497 e. The van der Waals surface area contributed by atoms with Crippen LogP contribution >= 0.6 is 0 Å². The number of benzene rings is 1. The van der Waals surface area contributed by atoms with E-state index in [1.165, 1.54) is 0 Å². The number of aryl methyl sites for hydroxylation is 2. The van der Waals surface area contributed by atoms with Crippen LogP contribution in [0.1, 0.15) is 5.69 Å². The number of rotatable bonds is 2. The number of nitrogens with two attached hydrogens (primary N) is 1. The lowest BCUT2D eigenvalue weighted by Gasteiger charge is -2.04. The van der Waals surface area contributed by atoms with Crippen LogP contribution in [0.4, 0.5) is 5.82 Å². The minimum atomic E-state index is 0.683. The third kappa shape index (κ3) is 1.62. The molecule has 2 rings (SSSR count). The number of ether oxygens (including phenoxy) is 1. The van der Waals surface area contributed by atoms with Crippen molar-refractivity contribution < 1.29 is 4.74 Å². The molecule has 0 spiro atoms. The topological polar surface area (TPSA) is 53.1 Å². The van der Waals surface area contributed by atoms with Crippen LogP contribution in [0, 0.1) is 6.92 Å². The number of methoxy groups -OCH3 is 1. The van der Waals surface area contributed by atoms with Crippen molar-refractivity contribution in [1.29, 1.82) is 0 Å². The van der Waals surface area contributed by atoms with Crippen molar-refractivity contribution in [3.05, 3.63) is 30.0 Å². The summed E-state index contributed by atoms with van der Waals surface area (Å²) in [5.74, 6) is 1.52. The fourth-order valence-electron chi connectivity index (χ4n) is 1.79. The third-order valence-electron chi connectivity index (χ3n) is 2.65. The van der Waals surface area contributed by atoms with Crippen LogP contribution in [0.15, 0.2) is 24.3 Å². The molecule has 0 aliphatic heterocycles. The maximum atomic E-state index is 5.98. The van der Waals surface area contributed by atoms with Gasteiger partial charge in [0.25, 0.3) is 0 Å². The van der Waals surface area contributed by atoms with Gasteiger partial charge in [0.1, 0.15) is 11.6 Å². The van der Waals surface area contributed by atoms with Gasteiger partial charge in [-0.1, -0.05) is 12.1 Å². The maximum Gasteiger partial charge on any atom is 0.129 e.